The van der Waals surface area contributed by atoms with Crippen LogP contribution in [0.15, 0.2) is 0 Å². The molecule has 3 heteroatoms. The van der Waals surface area contributed by atoms with Crippen molar-refractivity contribution in [2.45, 2.75) is 50.7 Å². The fourth-order valence-electron chi connectivity index (χ4n) is 2.71. The molecule has 94 valence electrons. The molecule has 16 heavy (non-hydrogen) atoms. The maximum atomic E-state index is 9.45. The smallest absolute Gasteiger partial charge is 0.0618 e. The number of hydrogen-bond donors (Lipinski definition) is 2. The van der Waals surface area contributed by atoms with Gasteiger partial charge in [0.25, 0.3) is 0 Å². The number of aliphatic hydroxyl groups is 1. The first-order chi connectivity index (χ1) is 7.79. The second-order valence-corrected chi connectivity index (χ2v) is 5.48. The summed E-state index contributed by atoms with van der Waals surface area (Å²) in [6.07, 6.45) is 7.04. The maximum Gasteiger partial charge on any atom is 0.0618 e. The van der Waals surface area contributed by atoms with Gasteiger partial charge in [-0.15, -0.1) is 0 Å². The van der Waals surface area contributed by atoms with Gasteiger partial charge < -0.3 is 15.2 Å². The molecule has 2 N–H and O–H groups in total. The molecular formula is C13H25NO2. The number of methoxy groups -OCH3 is 1. The SMILES string of the molecule is COCC(NCC1CCC(O)CC1)C1CC1. The van der Waals surface area contributed by atoms with Crippen LogP contribution in [-0.4, -0.2) is 37.5 Å². The summed E-state index contributed by atoms with van der Waals surface area (Å²) in [5.41, 5.74) is 0. The van der Waals surface area contributed by atoms with E-state index in [2.05, 4.69) is 5.32 Å². The van der Waals surface area contributed by atoms with Gasteiger partial charge in [0, 0.05) is 13.2 Å². The highest BCUT2D eigenvalue weighted by molar-refractivity contribution is 4.87. The Kier molecular flexibility index (Phi) is 4.62. The normalized spacial score (nSPS) is 32.6. The number of rotatable bonds is 6. The molecule has 1 atom stereocenters. The van der Waals surface area contributed by atoms with Crippen molar-refractivity contribution in [3.05, 3.63) is 0 Å². The van der Waals surface area contributed by atoms with Gasteiger partial charge in [0.05, 0.1) is 12.7 Å². The summed E-state index contributed by atoms with van der Waals surface area (Å²) in [4.78, 5) is 0. The van der Waals surface area contributed by atoms with Crippen molar-refractivity contribution in [3.8, 4) is 0 Å². The molecule has 0 aromatic carbocycles. The summed E-state index contributed by atoms with van der Waals surface area (Å²) in [6, 6.07) is 0.567. The second kappa shape index (κ2) is 5.99. The van der Waals surface area contributed by atoms with Crippen molar-refractivity contribution in [1.29, 1.82) is 0 Å². The van der Waals surface area contributed by atoms with Gasteiger partial charge in [-0.3, -0.25) is 0 Å². The Bertz CT molecular complexity index is 198. The molecular weight excluding hydrogens is 202 g/mol. The van der Waals surface area contributed by atoms with E-state index in [1.54, 1.807) is 7.11 Å². The Morgan fingerprint density at radius 2 is 1.88 bits per heavy atom. The molecule has 2 fully saturated rings. The largest absolute Gasteiger partial charge is 0.393 e. The van der Waals surface area contributed by atoms with E-state index in [1.807, 2.05) is 0 Å². The molecule has 0 saturated heterocycles. The molecule has 2 aliphatic rings. The Balaban J connectivity index is 1.65. The van der Waals surface area contributed by atoms with Crippen molar-refractivity contribution in [2.75, 3.05) is 20.3 Å². The standard InChI is InChI=1S/C13H25NO2/c1-16-9-13(11-4-5-11)14-8-10-2-6-12(15)7-3-10/h10-15H,2-9H2,1H3. The van der Waals surface area contributed by atoms with Gasteiger partial charge >= 0.3 is 0 Å². The van der Waals surface area contributed by atoms with Gasteiger partial charge in [0.1, 0.15) is 0 Å². The van der Waals surface area contributed by atoms with Gasteiger partial charge in [0.2, 0.25) is 0 Å². The van der Waals surface area contributed by atoms with Gasteiger partial charge in [-0.25, -0.2) is 0 Å². The summed E-state index contributed by atoms with van der Waals surface area (Å²) in [6.45, 7) is 1.96. The van der Waals surface area contributed by atoms with E-state index in [1.165, 1.54) is 25.7 Å². The van der Waals surface area contributed by atoms with Crippen LogP contribution in [0.2, 0.25) is 0 Å². The highest BCUT2D eigenvalue weighted by Crippen LogP contribution is 2.33. The van der Waals surface area contributed by atoms with E-state index >= 15 is 0 Å². The zero-order valence-corrected chi connectivity index (χ0v) is 10.3. The third kappa shape index (κ3) is 3.72. The van der Waals surface area contributed by atoms with Crippen LogP contribution >= 0.6 is 0 Å². The van der Waals surface area contributed by atoms with Crippen molar-refractivity contribution in [3.63, 3.8) is 0 Å². The second-order valence-electron chi connectivity index (χ2n) is 5.48. The minimum Gasteiger partial charge on any atom is -0.393 e. The predicted octanol–water partition coefficient (Wildman–Crippen LogP) is 1.55. The van der Waals surface area contributed by atoms with Crippen molar-refractivity contribution < 1.29 is 9.84 Å². The quantitative estimate of drug-likeness (QED) is 0.723. The number of ether oxygens (including phenoxy) is 1. The monoisotopic (exact) mass is 227 g/mol. The van der Waals surface area contributed by atoms with Gasteiger partial charge in [0.15, 0.2) is 0 Å². The van der Waals surface area contributed by atoms with Crippen molar-refractivity contribution in [2.24, 2.45) is 11.8 Å². The summed E-state index contributed by atoms with van der Waals surface area (Å²) < 4.78 is 5.26. The van der Waals surface area contributed by atoms with Crippen molar-refractivity contribution in [1.82, 2.24) is 5.32 Å². The van der Waals surface area contributed by atoms with Gasteiger partial charge in [-0.05, 0) is 56.9 Å². The van der Waals surface area contributed by atoms with E-state index in [0.29, 0.717) is 6.04 Å². The van der Waals surface area contributed by atoms with E-state index in [-0.39, 0.29) is 6.10 Å². The lowest BCUT2D eigenvalue weighted by Crippen LogP contribution is -2.39. The molecule has 0 aromatic heterocycles. The van der Waals surface area contributed by atoms with E-state index in [0.717, 1.165) is 37.8 Å². The summed E-state index contributed by atoms with van der Waals surface area (Å²) in [5.74, 6) is 1.62. The molecule has 0 amide bonds. The number of nitrogens with one attached hydrogen (secondary N) is 1. The zero-order valence-electron chi connectivity index (χ0n) is 10.3. The minimum atomic E-state index is -0.0329. The van der Waals surface area contributed by atoms with Gasteiger partial charge in [-0.1, -0.05) is 0 Å². The lowest BCUT2D eigenvalue weighted by Gasteiger charge is -2.27. The van der Waals surface area contributed by atoms with Crippen LogP contribution < -0.4 is 5.32 Å². The summed E-state index contributed by atoms with van der Waals surface area (Å²) >= 11 is 0. The summed E-state index contributed by atoms with van der Waals surface area (Å²) in [5, 5.41) is 13.1. The molecule has 2 aliphatic carbocycles. The molecule has 1 unspecified atom stereocenters. The zero-order chi connectivity index (χ0) is 11.4. The average Bonchev–Trinajstić information content (AvgIpc) is 3.10. The topological polar surface area (TPSA) is 41.5 Å². The molecule has 0 heterocycles. The fourth-order valence-corrected chi connectivity index (χ4v) is 2.71. The molecule has 3 nitrogen and oxygen atoms in total. The maximum absolute atomic E-state index is 9.45. The summed E-state index contributed by atoms with van der Waals surface area (Å²) in [7, 11) is 1.79. The first-order valence-electron chi connectivity index (χ1n) is 6.70. The highest BCUT2D eigenvalue weighted by atomic mass is 16.5. The van der Waals surface area contributed by atoms with Gasteiger partial charge in [-0.2, -0.15) is 0 Å². The van der Waals surface area contributed by atoms with E-state index in [4.69, 9.17) is 4.74 Å². The molecule has 0 aromatic rings. The fraction of sp³-hybridized carbons (Fsp3) is 1.00. The first-order valence-corrected chi connectivity index (χ1v) is 6.70. The first kappa shape index (κ1) is 12.3. The van der Waals surface area contributed by atoms with Crippen molar-refractivity contribution >= 4 is 0 Å². The van der Waals surface area contributed by atoms with E-state index in [9.17, 15) is 5.11 Å². The van der Waals surface area contributed by atoms with Crippen LogP contribution in [0.25, 0.3) is 0 Å². The molecule has 0 aliphatic heterocycles. The van der Waals surface area contributed by atoms with E-state index < -0.39 is 0 Å². The third-order valence-electron chi connectivity index (χ3n) is 4.02. The highest BCUT2D eigenvalue weighted by Gasteiger charge is 2.31. The Morgan fingerprint density at radius 1 is 1.19 bits per heavy atom. The molecule has 0 bridgehead atoms. The number of hydrogen-bond acceptors (Lipinski definition) is 3. The van der Waals surface area contributed by atoms with Crippen LogP contribution in [0.1, 0.15) is 38.5 Å². The van der Waals surface area contributed by atoms with Crippen LogP contribution in [0.3, 0.4) is 0 Å². The molecule has 2 saturated carbocycles. The lowest BCUT2D eigenvalue weighted by molar-refractivity contribution is 0.103. The average molecular weight is 227 g/mol. The molecule has 0 spiro atoms. The molecule has 2 rings (SSSR count). The van der Waals surface area contributed by atoms with Crippen LogP contribution in [0, 0.1) is 11.8 Å². The Labute approximate surface area is 98.6 Å². The van der Waals surface area contributed by atoms with Crippen LogP contribution in [-0.2, 0) is 4.74 Å². The molecule has 0 radical (unpaired) electrons. The minimum absolute atomic E-state index is 0.0329. The van der Waals surface area contributed by atoms with Crippen LogP contribution in [0.5, 0.6) is 0 Å². The Morgan fingerprint density at radius 3 is 2.44 bits per heavy atom. The third-order valence-corrected chi connectivity index (χ3v) is 4.02. The predicted molar refractivity (Wildman–Crippen MR) is 64.4 cm³/mol. The Hall–Kier alpha value is -0.120. The lowest BCUT2D eigenvalue weighted by atomic mass is 9.87. The van der Waals surface area contributed by atoms with Crippen LogP contribution in [0.4, 0.5) is 0 Å². The number of aliphatic hydroxyl groups excluding tert-OH is 1.